The molecule has 0 aliphatic carbocycles. The molecule has 3 heteroatoms. The van der Waals surface area contributed by atoms with Gasteiger partial charge in [0.2, 0.25) is 0 Å². The van der Waals surface area contributed by atoms with Crippen LogP contribution >= 0.6 is 0 Å². The average Bonchev–Trinajstić information content (AvgIpc) is 2.76. The average molecular weight is 266 g/mol. The van der Waals surface area contributed by atoms with Gasteiger partial charge in [0.25, 0.3) is 0 Å². The van der Waals surface area contributed by atoms with Crippen LogP contribution in [0.1, 0.15) is 51.9 Å². The fourth-order valence-electron chi connectivity index (χ4n) is 2.15. The molecule has 1 unspecified atom stereocenters. The molecule has 1 aromatic heterocycles. The Morgan fingerprint density at radius 2 is 2.05 bits per heavy atom. The van der Waals surface area contributed by atoms with E-state index in [0.29, 0.717) is 12.0 Å². The van der Waals surface area contributed by atoms with Gasteiger partial charge in [-0.05, 0) is 38.9 Å². The van der Waals surface area contributed by atoms with Crippen molar-refractivity contribution in [3.8, 4) is 0 Å². The number of nitrogens with zero attached hydrogens (tertiary/aromatic N) is 1. The summed E-state index contributed by atoms with van der Waals surface area (Å²) in [5.41, 5.74) is 1.24. The molecule has 0 saturated heterocycles. The van der Waals surface area contributed by atoms with Crippen molar-refractivity contribution >= 4 is 0 Å². The van der Waals surface area contributed by atoms with Crippen molar-refractivity contribution in [2.24, 2.45) is 5.92 Å². The molecule has 0 aliphatic rings. The second-order valence-corrected chi connectivity index (χ2v) is 6.00. The molecule has 0 saturated carbocycles. The SMILES string of the molecule is CCCC(C)N(C)Cc1cc(CNCC(C)C)co1. The lowest BCUT2D eigenvalue weighted by molar-refractivity contribution is 0.219. The molecule has 3 nitrogen and oxygen atoms in total. The maximum Gasteiger partial charge on any atom is 0.118 e. The van der Waals surface area contributed by atoms with Gasteiger partial charge in [-0.15, -0.1) is 0 Å². The zero-order chi connectivity index (χ0) is 14.3. The number of hydrogen-bond donors (Lipinski definition) is 1. The van der Waals surface area contributed by atoms with Crippen molar-refractivity contribution < 1.29 is 4.42 Å². The van der Waals surface area contributed by atoms with Gasteiger partial charge in [0.1, 0.15) is 5.76 Å². The molecule has 1 N–H and O–H groups in total. The van der Waals surface area contributed by atoms with Crippen LogP contribution in [0.5, 0.6) is 0 Å². The first-order valence-corrected chi connectivity index (χ1v) is 7.50. The van der Waals surface area contributed by atoms with Crippen molar-refractivity contribution in [3.63, 3.8) is 0 Å². The van der Waals surface area contributed by atoms with Crippen LogP contribution in [-0.2, 0) is 13.1 Å². The summed E-state index contributed by atoms with van der Waals surface area (Å²) in [6.45, 7) is 11.8. The minimum atomic E-state index is 0.609. The van der Waals surface area contributed by atoms with E-state index in [1.165, 1.54) is 18.4 Å². The van der Waals surface area contributed by atoms with Crippen molar-refractivity contribution in [1.82, 2.24) is 10.2 Å². The minimum Gasteiger partial charge on any atom is -0.468 e. The summed E-state index contributed by atoms with van der Waals surface area (Å²) < 4.78 is 5.64. The van der Waals surface area contributed by atoms with Gasteiger partial charge < -0.3 is 9.73 Å². The highest BCUT2D eigenvalue weighted by molar-refractivity contribution is 5.12. The molecule has 110 valence electrons. The molecule has 0 bridgehead atoms. The molecule has 0 aromatic carbocycles. The third-order valence-corrected chi connectivity index (χ3v) is 3.45. The highest BCUT2D eigenvalue weighted by Gasteiger charge is 2.11. The lowest BCUT2D eigenvalue weighted by Crippen LogP contribution is -2.28. The first kappa shape index (κ1) is 16.3. The van der Waals surface area contributed by atoms with E-state index >= 15 is 0 Å². The fraction of sp³-hybridized carbons (Fsp3) is 0.750. The predicted molar refractivity (Wildman–Crippen MR) is 81.1 cm³/mol. The van der Waals surface area contributed by atoms with Gasteiger partial charge in [-0.1, -0.05) is 27.2 Å². The van der Waals surface area contributed by atoms with Gasteiger partial charge in [-0.3, -0.25) is 4.90 Å². The molecule has 0 fully saturated rings. The van der Waals surface area contributed by atoms with Crippen molar-refractivity contribution in [1.29, 1.82) is 0 Å². The molecule has 0 spiro atoms. The highest BCUT2D eigenvalue weighted by Crippen LogP contribution is 2.13. The Hall–Kier alpha value is -0.800. The molecule has 0 aliphatic heterocycles. The summed E-state index contributed by atoms with van der Waals surface area (Å²) in [5.74, 6) is 1.75. The van der Waals surface area contributed by atoms with Crippen molar-refractivity contribution in [2.45, 2.75) is 59.7 Å². The highest BCUT2D eigenvalue weighted by atomic mass is 16.3. The molecular formula is C16H30N2O. The van der Waals surface area contributed by atoms with Crippen LogP contribution in [0.15, 0.2) is 16.7 Å². The molecule has 19 heavy (non-hydrogen) atoms. The minimum absolute atomic E-state index is 0.609. The Morgan fingerprint density at radius 1 is 1.32 bits per heavy atom. The zero-order valence-corrected chi connectivity index (χ0v) is 13.2. The molecule has 0 amide bonds. The lowest BCUT2D eigenvalue weighted by Gasteiger charge is -2.22. The van der Waals surface area contributed by atoms with E-state index in [-0.39, 0.29) is 0 Å². The molecule has 1 heterocycles. The topological polar surface area (TPSA) is 28.4 Å². The molecule has 1 atom stereocenters. The van der Waals surface area contributed by atoms with Crippen molar-refractivity contribution in [3.05, 3.63) is 23.7 Å². The molecule has 1 aromatic rings. The quantitative estimate of drug-likeness (QED) is 0.739. The Kier molecular flexibility index (Phi) is 7.17. The standard InChI is InChI=1S/C16H30N2O/c1-6-7-14(4)18(5)11-16-8-15(12-19-16)10-17-9-13(2)3/h8,12-14,17H,6-7,9-11H2,1-5H3. The van der Waals surface area contributed by atoms with Gasteiger partial charge >= 0.3 is 0 Å². The van der Waals surface area contributed by atoms with E-state index in [9.17, 15) is 0 Å². The summed E-state index contributed by atoms with van der Waals surface area (Å²) in [6, 6.07) is 2.78. The number of hydrogen-bond acceptors (Lipinski definition) is 3. The van der Waals surface area contributed by atoms with Gasteiger partial charge in [-0.2, -0.15) is 0 Å². The van der Waals surface area contributed by atoms with Crippen LogP contribution in [0.3, 0.4) is 0 Å². The van der Waals surface area contributed by atoms with E-state index in [0.717, 1.165) is 25.4 Å². The van der Waals surface area contributed by atoms with Crippen LogP contribution in [0.4, 0.5) is 0 Å². The van der Waals surface area contributed by atoms with E-state index in [1.54, 1.807) is 0 Å². The lowest BCUT2D eigenvalue weighted by atomic mass is 10.1. The maximum atomic E-state index is 5.64. The third kappa shape index (κ3) is 6.26. The van der Waals surface area contributed by atoms with Crippen LogP contribution in [-0.4, -0.2) is 24.5 Å². The summed E-state index contributed by atoms with van der Waals surface area (Å²) in [5, 5.41) is 3.44. The van der Waals surface area contributed by atoms with Crippen molar-refractivity contribution in [2.75, 3.05) is 13.6 Å². The Balaban J connectivity index is 2.37. The zero-order valence-electron chi connectivity index (χ0n) is 13.2. The Labute approximate surface area is 118 Å². The Morgan fingerprint density at radius 3 is 2.68 bits per heavy atom. The maximum absolute atomic E-state index is 5.64. The largest absolute Gasteiger partial charge is 0.468 e. The van der Waals surface area contributed by atoms with E-state index in [4.69, 9.17) is 4.42 Å². The third-order valence-electron chi connectivity index (χ3n) is 3.45. The fourth-order valence-corrected chi connectivity index (χ4v) is 2.15. The summed E-state index contributed by atoms with van der Waals surface area (Å²) >= 11 is 0. The van der Waals surface area contributed by atoms with Gasteiger partial charge in [0.05, 0.1) is 12.8 Å². The number of rotatable bonds is 9. The monoisotopic (exact) mass is 266 g/mol. The Bertz CT molecular complexity index is 346. The molecule has 1 rings (SSSR count). The van der Waals surface area contributed by atoms with E-state index in [2.05, 4.69) is 51.0 Å². The number of furan rings is 1. The smallest absolute Gasteiger partial charge is 0.118 e. The van der Waals surface area contributed by atoms with Crippen LogP contribution in [0.25, 0.3) is 0 Å². The van der Waals surface area contributed by atoms with Gasteiger partial charge in [0, 0.05) is 18.2 Å². The van der Waals surface area contributed by atoms with Crippen LogP contribution < -0.4 is 5.32 Å². The van der Waals surface area contributed by atoms with Crippen LogP contribution in [0, 0.1) is 5.92 Å². The second kappa shape index (κ2) is 8.39. The predicted octanol–water partition coefficient (Wildman–Crippen LogP) is 3.65. The number of nitrogens with one attached hydrogen (secondary N) is 1. The van der Waals surface area contributed by atoms with Crippen LogP contribution in [0.2, 0.25) is 0 Å². The normalized spacial score (nSPS) is 13.4. The van der Waals surface area contributed by atoms with Gasteiger partial charge in [-0.25, -0.2) is 0 Å². The summed E-state index contributed by atoms with van der Waals surface area (Å²) in [6.07, 6.45) is 4.34. The summed E-state index contributed by atoms with van der Waals surface area (Å²) in [4.78, 5) is 2.35. The first-order valence-electron chi connectivity index (χ1n) is 7.50. The summed E-state index contributed by atoms with van der Waals surface area (Å²) in [7, 11) is 2.17. The van der Waals surface area contributed by atoms with Gasteiger partial charge in [0.15, 0.2) is 0 Å². The van der Waals surface area contributed by atoms with E-state index in [1.807, 2.05) is 6.26 Å². The van der Waals surface area contributed by atoms with E-state index < -0.39 is 0 Å². The molecule has 0 radical (unpaired) electrons. The second-order valence-electron chi connectivity index (χ2n) is 6.00. The molecular weight excluding hydrogens is 236 g/mol. The first-order chi connectivity index (χ1) is 9.02.